The monoisotopic (exact) mass is 441 g/mol. The van der Waals surface area contributed by atoms with E-state index in [2.05, 4.69) is 5.32 Å². The number of nitrogens with zero attached hydrogens (tertiary/aromatic N) is 2. The summed E-state index contributed by atoms with van der Waals surface area (Å²) in [5.41, 5.74) is 0.261. The Kier molecular flexibility index (Phi) is 6.86. The first-order chi connectivity index (χ1) is 13.8. The molecule has 1 saturated heterocycles. The Morgan fingerprint density at radius 3 is 2.31 bits per heavy atom. The van der Waals surface area contributed by atoms with E-state index in [0.29, 0.717) is 39.0 Å². The van der Waals surface area contributed by atoms with Crippen LogP contribution >= 0.6 is 11.6 Å². The van der Waals surface area contributed by atoms with Crippen LogP contribution in [0.25, 0.3) is 0 Å². The Hall–Kier alpha value is -1.64. The van der Waals surface area contributed by atoms with E-state index in [0.717, 1.165) is 12.8 Å². The number of carbonyl (C=O) groups excluding carboxylic acids is 2. The van der Waals surface area contributed by atoms with Crippen LogP contribution in [-0.4, -0.2) is 61.7 Å². The van der Waals surface area contributed by atoms with Gasteiger partial charge in [-0.25, -0.2) is 8.42 Å². The minimum Gasteiger partial charge on any atom is -0.349 e. The Bertz CT molecular complexity index is 874. The van der Waals surface area contributed by atoms with E-state index in [1.807, 2.05) is 4.90 Å². The Morgan fingerprint density at radius 1 is 1.14 bits per heavy atom. The fourth-order valence-electron chi connectivity index (χ4n) is 3.65. The van der Waals surface area contributed by atoms with Crippen LogP contribution in [0.4, 0.5) is 0 Å². The van der Waals surface area contributed by atoms with Crippen LogP contribution in [0.2, 0.25) is 5.02 Å². The van der Waals surface area contributed by atoms with Crippen molar-refractivity contribution in [1.82, 2.24) is 14.5 Å². The van der Waals surface area contributed by atoms with Gasteiger partial charge in [0.25, 0.3) is 5.91 Å². The van der Waals surface area contributed by atoms with E-state index < -0.39 is 10.0 Å². The second-order valence-electron chi connectivity index (χ2n) is 7.58. The van der Waals surface area contributed by atoms with E-state index in [1.54, 1.807) is 13.8 Å². The molecule has 7 nitrogen and oxygen atoms in total. The van der Waals surface area contributed by atoms with Gasteiger partial charge in [0, 0.05) is 43.7 Å². The van der Waals surface area contributed by atoms with Gasteiger partial charge in [-0.2, -0.15) is 4.31 Å². The summed E-state index contributed by atoms with van der Waals surface area (Å²) in [4.78, 5) is 26.7. The number of rotatable bonds is 7. The van der Waals surface area contributed by atoms with Gasteiger partial charge in [0.2, 0.25) is 15.9 Å². The molecule has 1 aromatic carbocycles. The predicted octanol–water partition coefficient (Wildman–Crippen LogP) is 2.50. The maximum Gasteiger partial charge on any atom is 0.251 e. The molecule has 2 aliphatic rings. The van der Waals surface area contributed by atoms with Crippen molar-refractivity contribution in [1.29, 1.82) is 0 Å². The second-order valence-corrected chi connectivity index (χ2v) is 9.90. The molecule has 29 heavy (non-hydrogen) atoms. The van der Waals surface area contributed by atoms with Crippen LogP contribution in [0.1, 0.15) is 49.9 Å². The number of hydrogen-bond donors (Lipinski definition) is 1. The summed E-state index contributed by atoms with van der Waals surface area (Å²) in [7, 11) is -3.76. The number of halogens is 1. The van der Waals surface area contributed by atoms with Crippen LogP contribution in [0.5, 0.6) is 0 Å². The number of carbonyl (C=O) groups is 2. The molecular weight excluding hydrogens is 414 g/mol. The summed E-state index contributed by atoms with van der Waals surface area (Å²) in [6.07, 6.45) is 3.38. The van der Waals surface area contributed by atoms with E-state index in [9.17, 15) is 18.0 Å². The number of amides is 2. The van der Waals surface area contributed by atoms with Crippen molar-refractivity contribution in [3.05, 3.63) is 28.8 Å². The van der Waals surface area contributed by atoms with Gasteiger partial charge in [0.15, 0.2) is 0 Å². The largest absolute Gasteiger partial charge is 0.349 e. The highest BCUT2D eigenvalue weighted by atomic mass is 35.5. The summed E-state index contributed by atoms with van der Waals surface area (Å²) in [5.74, 6) is 0.116. The minimum absolute atomic E-state index is 0.0377. The lowest BCUT2D eigenvalue weighted by Crippen LogP contribution is -2.47. The first-order valence-electron chi connectivity index (χ1n) is 10.2. The quantitative estimate of drug-likeness (QED) is 0.704. The number of likely N-dealkylation sites (tertiary alicyclic amines) is 1. The van der Waals surface area contributed by atoms with Crippen molar-refractivity contribution in [2.45, 2.75) is 50.5 Å². The highest BCUT2D eigenvalue weighted by Crippen LogP contribution is 2.32. The van der Waals surface area contributed by atoms with Gasteiger partial charge < -0.3 is 10.2 Å². The van der Waals surface area contributed by atoms with Gasteiger partial charge in [0.1, 0.15) is 4.90 Å². The van der Waals surface area contributed by atoms with E-state index >= 15 is 0 Å². The van der Waals surface area contributed by atoms with Crippen LogP contribution in [0.15, 0.2) is 23.1 Å². The average molecular weight is 442 g/mol. The highest BCUT2D eigenvalue weighted by Gasteiger charge is 2.35. The van der Waals surface area contributed by atoms with Gasteiger partial charge >= 0.3 is 0 Å². The van der Waals surface area contributed by atoms with E-state index in [-0.39, 0.29) is 39.3 Å². The molecule has 160 valence electrons. The topological polar surface area (TPSA) is 86.8 Å². The van der Waals surface area contributed by atoms with Gasteiger partial charge in [-0.15, -0.1) is 0 Å². The van der Waals surface area contributed by atoms with Gasteiger partial charge in [-0.3, -0.25) is 9.59 Å². The first kappa shape index (κ1) is 22.1. The molecule has 0 atom stereocenters. The lowest BCUT2D eigenvalue weighted by atomic mass is 10.0. The molecule has 3 rings (SSSR count). The maximum absolute atomic E-state index is 12.8. The zero-order valence-corrected chi connectivity index (χ0v) is 18.4. The Labute approximate surface area is 177 Å². The summed E-state index contributed by atoms with van der Waals surface area (Å²) in [6.45, 7) is 5.44. The predicted molar refractivity (Wildman–Crippen MR) is 111 cm³/mol. The summed E-state index contributed by atoms with van der Waals surface area (Å²) >= 11 is 6.14. The third-order valence-corrected chi connectivity index (χ3v) is 8.12. The molecule has 0 spiro atoms. The Morgan fingerprint density at radius 2 is 1.76 bits per heavy atom. The van der Waals surface area contributed by atoms with Crippen LogP contribution < -0.4 is 5.32 Å². The number of hydrogen-bond acceptors (Lipinski definition) is 4. The van der Waals surface area contributed by atoms with Crippen LogP contribution in [0, 0.1) is 5.92 Å². The maximum atomic E-state index is 12.8. The van der Waals surface area contributed by atoms with Crippen molar-refractivity contribution < 1.29 is 18.0 Å². The smallest absolute Gasteiger partial charge is 0.251 e. The van der Waals surface area contributed by atoms with Crippen molar-refractivity contribution >= 4 is 33.4 Å². The molecule has 9 heteroatoms. The van der Waals surface area contributed by atoms with Crippen molar-refractivity contribution in [3.63, 3.8) is 0 Å². The normalized spacial score (nSPS) is 18.1. The molecule has 0 aromatic heterocycles. The fourth-order valence-corrected chi connectivity index (χ4v) is 5.60. The molecular formula is C20H28ClN3O4S. The van der Waals surface area contributed by atoms with Crippen molar-refractivity contribution in [2.24, 2.45) is 5.92 Å². The molecule has 2 fully saturated rings. The zero-order chi connectivity index (χ0) is 21.2. The fraction of sp³-hybridized carbons (Fsp3) is 0.600. The summed E-state index contributed by atoms with van der Waals surface area (Å²) < 4.78 is 26.9. The molecule has 1 N–H and O–H groups in total. The number of benzene rings is 1. The standard InChI is InChI=1S/C20H28ClN3O4S/c1-3-24(4-2)29(27,28)18-13-15(7-8-17(18)21)19(25)22-16-9-11-23(12-10-16)20(26)14-5-6-14/h7-8,13-14,16H,3-6,9-12H2,1-2H3,(H,22,25). The average Bonchev–Trinajstić information content (AvgIpc) is 3.54. The van der Waals surface area contributed by atoms with E-state index in [1.165, 1.54) is 22.5 Å². The number of nitrogens with one attached hydrogen (secondary N) is 1. The summed E-state index contributed by atoms with van der Waals surface area (Å²) in [5, 5.41) is 3.06. The molecule has 1 saturated carbocycles. The number of sulfonamides is 1. The lowest BCUT2D eigenvalue weighted by molar-refractivity contribution is -0.133. The van der Waals surface area contributed by atoms with Crippen molar-refractivity contribution in [2.75, 3.05) is 26.2 Å². The zero-order valence-electron chi connectivity index (χ0n) is 16.9. The SMILES string of the molecule is CCN(CC)S(=O)(=O)c1cc(C(=O)NC2CCN(C(=O)C3CC3)CC2)ccc1Cl. The molecule has 2 amide bonds. The van der Waals surface area contributed by atoms with Crippen LogP contribution in [0.3, 0.4) is 0 Å². The number of piperidine rings is 1. The second kappa shape index (κ2) is 9.02. The summed E-state index contributed by atoms with van der Waals surface area (Å²) in [6, 6.07) is 4.29. The van der Waals surface area contributed by atoms with Gasteiger partial charge in [0.05, 0.1) is 5.02 Å². The molecule has 1 aromatic rings. The van der Waals surface area contributed by atoms with Gasteiger partial charge in [-0.05, 0) is 43.9 Å². The van der Waals surface area contributed by atoms with Crippen molar-refractivity contribution in [3.8, 4) is 0 Å². The first-order valence-corrected chi connectivity index (χ1v) is 12.0. The third-order valence-electron chi connectivity index (χ3n) is 5.59. The molecule has 0 unspecified atom stereocenters. The lowest BCUT2D eigenvalue weighted by Gasteiger charge is -2.32. The molecule has 0 bridgehead atoms. The minimum atomic E-state index is -3.76. The third kappa shape index (κ3) is 4.92. The molecule has 1 heterocycles. The molecule has 1 aliphatic heterocycles. The highest BCUT2D eigenvalue weighted by molar-refractivity contribution is 7.89. The molecule has 1 aliphatic carbocycles. The molecule has 0 radical (unpaired) electrons. The van der Waals surface area contributed by atoms with Crippen LogP contribution in [-0.2, 0) is 14.8 Å². The van der Waals surface area contributed by atoms with Gasteiger partial charge in [-0.1, -0.05) is 25.4 Å². The Balaban J connectivity index is 1.66. The van der Waals surface area contributed by atoms with E-state index in [4.69, 9.17) is 11.6 Å².